The number of allylic oxidation sites excluding steroid dienone is 32. The molecule has 0 radical (unpaired) electrons. The van der Waals surface area contributed by atoms with Crippen LogP contribution in [0.25, 0.3) is 0 Å². The summed E-state index contributed by atoms with van der Waals surface area (Å²) in [6.45, 7) is 6.00. The molecule has 0 saturated carbocycles. The molecule has 0 aliphatic heterocycles. The van der Waals surface area contributed by atoms with E-state index in [-0.39, 0.29) is 44.4 Å². The van der Waals surface area contributed by atoms with Crippen LogP contribution in [0.1, 0.15) is 124 Å². The van der Waals surface area contributed by atoms with Crippen LogP contribution in [0.4, 0.5) is 0 Å². The third-order valence-corrected chi connectivity index (χ3v) is 8.49. The minimum Gasteiger partial charge on any atom is -0.462 e. The van der Waals surface area contributed by atoms with E-state index >= 15 is 0 Å². The second-order valence-corrected chi connectivity index (χ2v) is 14.2. The summed E-state index contributed by atoms with van der Waals surface area (Å²) in [6.07, 6.45) is 75.6. The molecule has 0 fully saturated rings. The second-order valence-electron chi connectivity index (χ2n) is 14.2. The van der Waals surface area contributed by atoms with Gasteiger partial charge in [-0.05, 0) is 70.6 Å². The lowest BCUT2D eigenvalue weighted by molar-refractivity contribution is -0.167. The van der Waals surface area contributed by atoms with Gasteiger partial charge in [0.2, 0.25) is 0 Å². The molecular formula is C57H78O6. The Bertz CT molecular complexity index is 1640. The van der Waals surface area contributed by atoms with Crippen molar-refractivity contribution in [2.45, 2.75) is 130 Å². The molecule has 0 aromatic rings. The van der Waals surface area contributed by atoms with Gasteiger partial charge in [-0.25, -0.2) is 0 Å². The maximum absolute atomic E-state index is 12.7. The van der Waals surface area contributed by atoms with E-state index < -0.39 is 12.1 Å². The standard InChI is InChI=1S/C57H78O6/c1-4-7-10-13-16-19-22-25-27-28-30-32-35-38-41-44-47-50-56(59)62-53-54(52-61-55(58)49-46-43-40-37-34-31-24-21-18-15-12-9-6-3)63-57(60)51-48-45-42-39-36-33-29-26-23-20-17-14-11-8-5-2/h7-37,40,54H,4-6,38-39,41-53H2,1-3H3/b10-7-,11-8-,12-9-,16-13-,17-14-,18-15-,22-19-,23-20-,24-21-,27-25-,29-26-,30-28+,34-31-,35-32-,36-33-,40-37-. The fourth-order valence-electron chi connectivity index (χ4n) is 5.11. The van der Waals surface area contributed by atoms with Crippen molar-refractivity contribution < 1.29 is 28.6 Å². The summed E-state index contributed by atoms with van der Waals surface area (Å²) in [6, 6.07) is 0. The van der Waals surface area contributed by atoms with Crippen molar-refractivity contribution in [1.82, 2.24) is 0 Å². The molecule has 0 spiro atoms. The van der Waals surface area contributed by atoms with Crippen LogP contribution in [0, 0.1) is 0 Å². The van der Waals surface area contributed by atoms with Gasteiger partial charge in [0.1, 0.15) is 13.2 Å². The molecule has 0 saturated heterocycles. The zero-order valence-corrected chi connectivity index (χ0v) is 38.7. The highest BCUT2D eigenvalue weighted by Crippen LogP contribution is 2.10. The molecule has 63 heavy (non-hydrogen) atoms. The summed E-state index contributed by atoms with van der Waals surface area (Å²) in [4.78, 5) is 37.8. The minimum atomic E-state index is -0.859. The number of carbonyl (C=O) groups is 3. The fourth-order valence-corrected chi connectivity index (χ4v) is 5.11. The number of unbranched alkanes of at least 4 members (excludes halogenated alkanes) is 7. The van der Waals surface area contributed by atoms with E-state index in [1.807, 2.05) is 164 Å². The highest BCUT2D eigenvalue weighted by atomic mass is 16.6. The SMILES string of the molecule is CC\C=C/C=C\C=C/C=C\C=C/CCCCCC(=O)OC(COC(=O)CCC\C=C/C=C\C=C/C=C\C=C/CC)COC(=O)CCCCC\C=C/C=C/C=C\C=C/C=C\C=C/CC. The Labute approximate surface area is 382 Å². The molecular weight excluding hydrogens is 781 g/mol. The number of hydrogen-bond donors (Lipinski definition) is 0. The molecule has 0 aromatic carbocycles. The van der Waals surface area contributed by atoms with Crippen LogP contribution in [0.2, 0.25) is 0 Å². The first-order valence-corrected chi connectivity index (χ1v) is 23.2. The van der Waals surface area contributed by atoms with Crippen molar-refractivity contribution in [3.8, 4) is 0 Å². The van der Waals surface area contributed by atoms with E-state index in [0.717, 1.165) is 64.2 Å². The zero-order valence-electron chi connectivity index (χ0n) is 38.7. The Balaban J connectivity index is 4.73. The van der Waals surface area contributed by atoms with Crippen LogP contribution in [0.15, 0.2) is 194 Å². The van der Waals surface area contributed by atoms with E-state index in [1.54, 1.807) is 0 Å². The van der Waals surface area contributed by atoms with Crippen molar-refractivity contribution in [2.75, 3.05) is 13.2 Å². The second kappa shape index (κ2) is 48.9. The van der Waals surface area contributed by atoms with Gasteiger partial charge in [0.05, 0.1) is 0 Å². The van der Waals surface area contributed by atoms with Gasteiger partial charge in [0, 0.05) is 19.3 Å². The maximum atomic E-state index is 12.7. The lowest BCUT2D eigenvalue weighted by Gasteiger charge is -2.18. The molecule has 1 unspecified atom stereocenters. The molecule has 6 heteroatoms. The lowest BCUT2D eigenvalue weighted by atomic mass is 10.1. The number of carbonyl (C=O) groups excluding carboxylic acids is 3. The highest BCUT2D eigenvalue weighted by Gasteiger charge is 2.19. The Morgan fingerprint density at radius 3 is 0.921 bits per heavy atom. The predicted molar refractivity (Wildman–Crippen MR) is 269 cm³/mol. The van der Waals surface area contributed by atoms with Crippen molar-refractivity contribution >= 4 is 17.9 Å². The molecule has 0 heterocycles. The van der Waals surface area contributed by atoms with Crippen LogP contribution in [-0.2, 0) is 28.6 Å². The molecule has 0 N–H and O–H groups in total. The Morgan fingerprint density at radius 2 is 0.587 bits per heavy atom. The first kappa shape index (κ1) is 57.2. The van der Waals surface area contributed by atoms with Crippen LogP contribution >= 0.6 is 0 Å². The van der Waals surface area contributed by atoms with E-state index in [2.05, 4.69) is 51.2 Å². The molecule has 6 nitrogen and oxygen atoms in total. The van der Waals surface area contributed by atoms with Gasteiger partial charge >= 0.3 is 17.9 Å². The highest BCUT2D eigenvalue weighted by molar-refractivity contribution is 5.71. The van der Waals surface area contributed by atoms with Crippen LogP contribution < -0.4 is 0 Å². The van der Waals surface area contributed by atoms with E-state index in [1.165, 1.54) is 0 Å². The third-order valence-electron chi connectivity index (χ3n) is 8.49. The van der Waals surface area contributed by atoms with Gasteiger partial charge in [0.15, 0.2) is 6.10 Å². The van der Waals surface area contributed by atoms with Crippen LogP contribution in [0.3, 0.4) is 0 Å². The van der Waals surface area contributed by atoms with Crippen molar-refractivity contribution in [2.24, 2.45) is 0 Å². The number of ether oxygens (including phenoxy) is 3. The van der Waals surface area contributed by atoms with Crippen molar-refractivity contribution in [3.05, 3.63) is 194 Å². The Morgan fingerprint density at radius 1 is 0.317 bits per heavy atom. The normalized spacial score (nSPS) is 13.9. The summed E-state index contributed by atoms with van der Waals surface area (Å²) >= 11 is 0. The smallest absolute Gasteiger partial charge is 0.306 e. The average Bonchev–Trinajstić information content (AvgIpc) is 3.28. The molecule has 342 valence electrons. The first-order valence-electron chi connectivity index (χ1n) is 23.2. The molecule has 0 rings (SSSR count). The Hall–Kier alpha value is -5.75. The molecule has 0 amide bonds. The predicted octanol–water partition coefficient (Wildman–Crippen LogP) is 15.2. The van der Waals surface area contributed by atoms with Crippen molar-refractivity contribution in [1.29, 1.82) is 0 Å². The fraction of sp³-hybridized carbons (Fsp3) is 0.386. The van der Waals surface area contributed by atoms with Gasteiger partial charge in [-0.3, -0.25) is 14.4 Å². The average molecular weight is 859 g/mol. The number of rotatable bonds is 37. The van der Waals surface area contributed by atoms with Gasteiger partial charge < -0.3 is 14.2 Å². The largest absolute Gasteiger partial charge is 0.462 e. The first-order chi connectivity index (χ1) is 31.0. The molecule has 0 aliphatic rings. The quantitative estimate of drug-likeness (QED) is 0.0268. The van der Waals surface area contributed by atoms with Gasteiger partial charge in [0.25, 0.3) is 0 Å². The van der Waals surface area contributed by atoms with Crippen LogP contribution in [-0.4, -0.2) is 37.2 Å². The van der Waals surface area contributed by atoms with Crippen LogP contribution in [0.5, 0.6) is 0 Å². The minimum absolute atomic E-state index is 0.154. The summed E-state index contributed by atoms with van der Waals surface area (Å²) in [7, 11) is 0. The number of esters is 3. The van der Waals surface area contributed by atoms with E-state index in [9.17, 15) is 14.4 Å². The molecule has 0 aliphatic carbocycles. The monoisotopic (exact) mass is 859 g/mol. The molecule has 0 aromatic heterocycles. The molecule has 1 atom stereocenters. The topological polar surface area (TPSA) is 78.9 Å². The third kappa shape index (κ3) is 47.2. The summed E-state index contributed by atoms with van der Waals surface area (Å²) in [5, 5.41) is 0. The lowest BCUT2D eigenvalue weighted by Crippen LogP contribution is -2.30. The number of hydrogen-bond acceptors (Lipinski definition) is 6. The zero-order chi connectivity index (χ0) is 45.8. The summed E-state index contributed by atoms with van der Waals surface area (Å²) in [5.74, 6) is -1.14. The van der Waals surface area contributed by atoms with Gasteiger partial charge in [-0.15, -0.1) is 0 Å². The van der Waals surface area contributed by atoms with E-state index in [4.69, 9.17) is 14.2 Å². The Kier molecular flexibility index (Phi) is 44.4. The molecule has 0 bridgehead atoms. The van der Waals surface area contributed by atoms with E-state index in [0.29, 0.717) is 19.3 Å². The van der Waals surface area contributed by atoms with Gasteiger partial charge in [-0.2, -0.15) is 0 Å². The maximum Gasteiger partial charge on any atom is 0.306 e. The summed E-state index contributed by atoms with van der Waals surface area (Å²) < 4.78 is 16.6. The van der Waals surface area contributed by atoms with Gasteiger partial charge in [-0.1, -0.05) is 228 Å². The summed E-state index contributed by atoms with van der Waals surface area (Å²) in [5.41, 5.74) is 0. The van der Waals surface area contributed by atoms with Crippen molar-refractivity contribution in [3.63, 3.8) is 0 Å².